The summed E-state index contributed by atoms with van der Waals surface area (Å²) >= 11 is 2.67. The van der Waals surface area contributed by atoms with Crippen molar-refractivity contribution in [1.29, 1.82) is 0 Å². The lowest BCUT2D eigenvalue weighted by atomic mass is 10.1. The van der Waals surface area contributed by atoms with E-state index in [1.165, 1.54) is 47.4 Å². The quantitative estimate of drug-likeness (QED) is 0.514. The largest absolute Gasteiger partial charge is 0.300 e. The lowest BCUT2D eigenvalue weighted by molar-refractivity contribution is -0.115. The normalized spacial score (nSPS) is 10.6. The molecule has 1 amide bonds. The van der Waals surface area contributed by atoms with E-state index in [9.17, 15) is 13.6 Å². The molecule has 0 fully saturated rings. The molecule has 0 radical (unpaired) electrons. The number of anilines is 1. The Hall–Kier alpha value is -2.32. The second-order valence-electron chi connectivity index (χ2n) is 5.14. The van der Waals surface area contributed by atoms with Crippen LogP contribution < -0.4 is 5.32 Å². The predicted octanol–water partition coefficient (Wildman–Crippen LogP) is 4.29. The zero-order valence-corrected chi connectivity index (χ0v) is 14.5. The molecule has 3 aromatic rings. The number of nitrogens with one attached hydrogen (secondary N) is 1. The minimum Gasteiger partial charge on any atom is -0.300 e. The number of hydrogen-bond acceptors (Lipinski definition) is 5. The summed E-state index contributed by atoms with van der Waals surface area (Å²) in [4.78, 5) is 12.0. The Morgan fingerprint density at radius 3 is 2.60 bits per heavy atom. The molecule has 0 aliphatic heterocycles. The standard InChI is InChI=1S/C17H13F2N3OS2/c18-13-6-4-11(5-7-13)9-15(23)20-16-21-22-17(25-16)24-10-12-2-1-3-14(19)8-12/h1-8H,9-10H2,(H,20,21,23). The summed E-state index contributed by atoms with van der Waals surface area (Å²) in [6.07, 6.45) is 0.131. The summed E-state index contributed by atoms with van der Waals surface area (Å²) < 4.78 is 26.7. The van der Waals surface area contributed by atoms with Gasteiger partial charge in [0.1, 0.15) is 11.6 Å². The number of hydrogen-bond donors (Lipinski definition) is 1. The van der Waals surface area contributed by atoms with Gasteiger partial charge in [0.25, 0.3) is 0 Å². The maximum absolute atomic E-state index is 13.1. The highest BCUT2D eigenvalue weighted by atomic mass is 32.2. The first-order chi connectivity index (χ1) is 12.1. The highest BCUT2D eigenvalue weighted by Crippen LogP contribution is 2.28. The van der Waals surface area contributed by atoms with Gasteiger partial charge >= 0.3 is 0 Å². The van der Waals surface area contributed by atoms with Crippen molar-refractivity contribution in [3.05, 3.63) is 71.3 Å². The number of aromatic nitrogens is 2. The Morgan fingerprint density at radius 1 is 1.04 bits per heavy atom. The number of carbonyl (C=O) groups excluding carboxylic acids is 1. The molecule has 0 saturated carbocycles. The van der Waals surface area contributed by atoms with Crippen LogP contribution >= 0.6 is 23.1 Å². The first-order valence-electron chi connectivity index (χ1n) is 7.33. The molecule has 0 atom stereocenters. The number of thioether (sulfide) groups is 1. The average Bonchev–Trinajstić information content (AvgIpc) is 3.02. The van der Waals surface area contributed by atoms with Gasteiger partial charge in [0.15, 0.2) is 4.34 Å². The van der Waals surface area contributed by atoms with E-state index in [2.05, 4.69) is 15.5 Å². The topological polar surface area (TPSA) is 54.9 Å². The maximum atomic E-state index is 13.1. The molecular formula is C17H13F2N3OS2. The van der Waals surface area contributed by atoms with Gasteiger partial charge < -0.3 is 5.32 Å². The van der Waals surface area contributed by atoms with Gasteiger partial charge in [-0.3, -0.25) is 4.79 Å². The van der Waals surface area contributed by atoms with Crippen molar-refractivity contribution in [2.75, 3.05) is 5.32 Å². The summed E-state index contributed by atoms with van der Waals surface area (Å²) in [6, 6.07) is 12.1. The molecule has 0 aliphatic carbocycles. The Kier molecular flexibility index (Phi) is 5.72. The SMILES string of the molecule is O=C(Cc1ccc(F)cc1)Nc1nnc(SCc2cccc(F)c2)s1. The van der Waals surface area contributed by atoms with E-state index in [0.29, 0.717) is 20.8 Å². The van der Waals surface area contributed by atoms with E-state index in [1.54, 1.807) is 18.2 Å². The van der Waals surface area contributed by atoms with E-state index in [0.717, 1.165) is 5.56 Å². The first-order valence-corrected chi connectivity index (χ1v) is 9.14. The molecule has 0 saturated heterocycles. The van der Waals surface area contributed by atoms with Gasteiger partial charge in [-0.2, -0.15) is 0 Å². The van der Waals surface area contributed by atoms with Crippen molar-refractivity contribution in [2.24, 2.45) is 0 Å². The molecule has 0 aliphatic rings. The second-order valence-corrected chi connectivity index (χ2v) is 7.34. The smallest absolute Gasteiger partial charge is 0.230 e. The molecule has 8 heteroatoms. The van der Waals surface area contributed by atoms with Crippen LogP contribution in [0.4, 0.5) is 13.9 Å². The third-order valence-corrected chi connectivity index (χ3v) is 5.23. The van der Waals surface area contributed by atoms with Gasteiger partial charge in [0.2, 0.25) is 11.0 Å². The zero-order valence-electron chi connectivity index (χ0n) is 12.9. The van der Waals surface area contributed by atoms with Crippen LogP contribution in [0.25, 0.3) is 0 Å². The third-order valence-electron chi connectivity index (χ3n) is 3.18. The van der Waals surface area contributed by atoms with Crippen molar-refractivity contribution < 1.29 is 13.6 Å². The van der Waals surface area contributed by atoms with Crippen LogP contribution in [0.1, 0.15) is 11.1 Å². The van der Waals surface area contributed by atoms with Gasteiger partial charge in [-0.25, -0.2) is 8.78 Å². The molecule has 2 aromatic carbocycles. The van der Waals surface area contributed by atoms with Crippen LogP contribution in [0, 0.1) is 11.6 Å². The van der Waals surface area contributed by atoms with E-state index < -0.39 is 0 Å². The van der Waals surface area contributed by atoms with Gasteiger partial charge in [0.05, 0.1) is 6.42 Å². The van der Waals surface area contributed by atoms with Crippen LogP contribution in [-0.4, -0.2) is 16.1 Å². The molecule has 1 N–H and O–H groups in total. The van der Waals surface area contributed by atoms with Gasteiger partial charge in [0, 0.05) is 5.75 Å². The van der Waals surface area contributed by atoms with Crippen molar-refractivity contribution in [2.45, 2.75) is 16.5 Å². The summed E-state index contributed by atoms with van der Waals surface area (Å²) in [6.45, 7) is 0. The van der Waals surface area contributed by atoms with Crippen molar-refractivity contribution in [3.8, 4) is 0 Å². The summed E-state index contributed by atoms with van der Waals surface area (Å²) in [5.41, 5.74) is 1.56. The molecule has 4 nitrogen and oxygen atoms in total. The van der Waals surface area contributed by atoms with Gasteiger partial charge in [-0.05, 0) is 35.4 Å². The summed E-state index contributed by atoms with van der Waals surface area (Å²) in [7, 11) is 0. The van der Waals surface area contributed by atoms with Gasteiger partial charge in [-0.15, -0.1) is 10.2 Å². The summed E-state index contributed by atoms with van der Waals surface area (Å²) in [5.74, 6) is -0.294. The molecule has 0 bridgehead atoms. The molecule has 128 valence electrons. The number of rotatable bonds is 6. The van der Waals surface area contributed by atoms with E-state index in [-0.39, 0.29) is 24.0 Å². The number of nitrogens with zero attached hydrogens (tertiary/aromatic N) is 2. The average molecular weight is 377 g/mol. The second kappa shape index (κ2) is 8.17. The summed E-state index contributed by atoms with van der Waals surface area (Å²) in [5, 5.41) is 11.0. The zero-order chi connectivity index (χ0) is 17.6. The molecule has 0 unspecified atom stereocenters. The Labute approximate surface area is 151 Å². The molecule has 1 aromatic heterocycles. The van der Waals surface area contributed by atoms with E-state index in [1.807, 2.05) is 6.07 Å². The predicted molar refractivity (Wildman–Crippen MR) is 94.6 cm³/mol. The Balaban J connectivity index is 1.52. The molecular weight excluding hydrogens is 364 g/mol. The van der Waals surface area contributed by atoms with Crippen molar-refractivity contribution in [3.63, 3.8) is 0 Å². The van der Waals surface area contributed by atoms with Gasteiger partial charge in [-0.1, -0.05) is 47.4 Å². The monoisotopic (exact) mass is 377 g/mol. The van der Waals surface area contributed by atoms with Crippen LogP contribution in [0.2, 0.25) is 0 Å². The Morgan fingerprint density at radius 2 is 1.84 bits per heavy atom. The highest BCUT2D eigenvalue weighted by Gasteiger charge is 2.10. The fraction of sp³-hybridized carbons (Fsp3) is 0.118. The van der Waals surface area contributed by atoms with E-state index >= 15 is 0 Å². The minimum atomic E-state index is -0.340. The van der Waals surface area contributed by atoms with Crippen molar-refractivity contribution in [1.82, 2.24) is 10.2 Å². The van der Waals surface area contributed by atoms with Crippen LogP contribution in [0.15, 0.2) is 52.9 Å². The maximum Gasteiger partial charge on any atom is 0.230 e. The highest BCUT2D eigenvalue weighted by molar-refractivity contribution is 8.00. The number of amides is 1. The third kappa shape index (κ3) is 5.33. The molecule has 0 spiro atoms. The van der Waals surface area contributed by atoms with Crippen LogP contribution in [-0.2, 0) is 17.0 Å². The van der Waals surface area contributed by atoms with E-state index in [4.69, 9.17) is 0 Å². The fourth-order valence-corrected chi connectivity index (χ4v) is 3.75. The first kappa shape index (κ1) is 17.5. The van der Waals surface area contributed by atoms with Crippen LogP contribution in [0.3, 0.4) is 0 Å². The lowest BCUT2D eigenvalue weighted by Gasteiger charge is -2.01. The Bertz CT molecular complexity index is 868. The number of halogens is 2. The molecule has 1 heterocycles. The molecule has 3 rings (SSSR count). The number of benzene rings is 2. The minimum absolute atomic E-state index is 0.131. The number of carbonyl (C=O) groups is 1. The lowest BCUT2D eigenvalue weighted by Crippen LogP contribution is -2.14. The molecule has 25 heavy (non-hydrogen) atoms. The van der Waals surface area contributed by atoms with Crippen molar-refractivity contribution >= 4 is 34.1 Å². The fourth-order valence-electron chi connectivity index (χ4n) is 2.04. The van der Waals surface area contributed by atoms with Crippen LogP contribution in [0.5, 0.6) is 0 Å².